The van der Waals surface area contributed by atoms with E-state index in [0.29, 0.717) is 5.88 Å². The fourth-order valence-corrected chi connectivity index (χ4v) is 1.69. The number of carbonyl (C=O) groups is 1. The molecule has 0 aromatic heterocycles. The minimum absolute atomic E-state index is 0.0249. The van der Waals surface area contributed by atoms with E-state index in [0.717, 1.165) is 16.7 Å². The second kappa shape index (κ2) is 5.09. The number of aryl methyl sites for hydroxylation is 2. The lowest BCUT2D eigenvalue weighted by Crippen LogP contribution is -2.46. The van der Waals surface area contributed by atoms with Gasteiger partial charge in [-0.1, -0.05) is 17.7 Å². The normalized spacial score (nSPS) is 11.4. The molecule has 17 heavy (non-hydrogen) atoms. The van der Waals surface area contributed by atoms with Crippen LogP contribution in [-0.2, 0) is 0 Å². The molecule has 0 saturated carbocycles. The Kier molecular flexibility index (Phi) is 4.21. The van der Waals surface area contributed by atoms with E-state index in [1.54, 1.807) is 11.9 Å². The monoisotopic (exact) mass is 253 g/mol. The summed E-state index contributed by atoms with van der Waals surface area (Å²) in [5.74, 6) is 0.442. The maximum atomic E-state index is 12.4. The second-order valence-corrected chi connectivity index (χ2v) is 5.40. The van der Waals surface area contributed by atoms with Gasteiger partial charge in [-0.2, -0.15) is 0 Å². The first-order valence-electron chi connectivity index (χ1n) is 5.71. The molecule has 1 aromatic rings. The Hall–Kier alpha value is -1.02. The van der Waals surface area contributed by atoms with Crippen LogP contribution < -0.4 is 0 Å². The Bertz CT molecular complexity index is 426. The molecular formula is C14H20ClNO. The summed E-state index contributed by atoms with van der Waals surface area (Å²) in [6.07, 6.45) is 0. The van der Waals surface area contributed by atoms with Crippen molar-refractivity contribution in [3.8, 4) is 0 Å². The summed E-state index contributed by atoms with van der Waals surface area (Å²) in [7, 11) is 1.80. The highest BCUT2D eigenvalue weighted by molar-refractivity contribution is 6.18. The molecule has 3 heteroatoms. The summed E-state index contributed by atoms with van der Waals surface area (Å²) >= 11 is 5.90. The van der Waals surface area contributed by atoms with Crippen molar-refractivity contribution in [3.63, 3.8) is 0 Å². The predicted molar refractivity (Wildman–Crippen MR) is 72.8 cm³/mol. The first kappa shape index (κ1) is 14.0. The lowest BCUT2D eigenvalue weighted by molar-refractivity contribution is 0.0659. The van der Waals surface area contributed by atoms with Gasteiger partial charge in [-0.3, -0.25) is 4.79 Å². The Balaban J connectivity index is 3.08. The number of benzene rings is 1. The van der Waals surface area contributed by atoms with Crippen LogP contribution in [0, 0.1) is 13.8 Å². The average Bonchev–Trinajstić information content (AvgIpc) is 2.30. The van der Waals surface area contributed by atoms with Gasteiger partial charge in [0, 0.05) is 18.5 Å². The number of amides is 1. The van der Waals surface area contributed by atoms with E-state index < -0.39 is 0 Å². The zero-order valence-corrected chi connectivity index (χ0v) is 11.9. The van der Waals surface area contributed by atoms with Crippen molar-refractivity contribution in [2.45, 2.75) is 33.2 Å². The summed E-state index contributed by atoms with van der Waals surface area (Å²) in [5.41, 5.74) is 2.51. The molecule has 0 spiro atoms. The summed E-state index contributed by atoms with van der Waals surface area (Å²) < 4.78 is 0. The fraction of sp³-hybridized carbons (Fsp3) is 0.500. The zero-order chi connectivity index (χ0) is 13.2. The van der Waals surface area contributed by atoms with Crippen molar-refractivity contribution in [3.05, 3.63) is 34.9 Å². The highest BCUT2D eigenvalue weighted by Gasteiger charge is 2.28. The standard InChI is InChI=1S/C14H20ClNO/c1-10-6-7-11(2)12(8-10)13(17)16(5)14(3,4)9-15/h6-8H,9H2,1-5H3. The number of alkyl halides is 1. The molecule has 94 valence electrons. The minimum Gasteiger partial charge on any atom is -0.335 e. The van der Waals surface area contributed by atoms with Crippen molar-refractivity contribution in [1.82, 2.24) is 4.90 Å². The van der Waals surface area contributed by atoms with Crippen LogP contribution in [0.1, 0.15) is 35.3 Å². The van der Waals surface area contributed by atoms with E-state index in [-0.39, 0.29) is 11.4 Å². The van der Waals surface area contributed by atoms with Gasteiger partial charge in [0.05, 0.1) is 5.54 Å². The summed E-state index contributed by atoms with van der Waals surface area (Å²) in [5, 5.41) is 0. The van der Waals surface area contributed by atoms with Gasteiger partial charge < -0.3 is 4.90 Å². The van der Waals surface area contributed by atoms with Gasteiger partial charge in [-0.05, 0) is 39.3 Å². The maximum absolute atomic E-state index is 12.4. The van der Waals surface area contributed by atoms with Crippen molar-refractivity contribution in [2.75, 3.05) is 12.9 Å². The minimum atomic E-state index is -0.338. The quantitative estimate of drug-likeness (QED) is 0.757. The molecule has 0 N–H and O–H groups in total. The number of rotatable bonds is 3. The van der Waals surface area contributed by atoms with Gasteiger partial charge >= 0.3 is 0 Å². The van der Waals surface area contributed by atoms with Crippen LogP contribution in [0.25, 0.3) is 0 Å². The number of hydrogen-bond donors (Lipinski definition) is 0. The van der Waals surface area contributed by atoms with Gasteiger partial charge in [-0.25, -0.2) is 0 Å². The fourth-order valence-electron chi connectivity index (χ4n) is 1.51. The largest absolute Gasteiger partial charge is 0.335 e. The molecule has 0 saturated heterocycles. The molecule has 0 fully saturated rings. The van der Waals surface area contributed by atoms with Crippen LogP contribution in [-0.4, -0.2) is 29.3 Å². The van der Waals surface area contributed by atoms with Crippen LogP contribution in [0.15, 0.2) is 18.2 Å². The Morgan fingerprint density at radius 1 is 1.35 bits per heavy atom. The van der Waals surface area contributed by atoms with Gasteiger partial charge in [0.2, 0.25) is 0 Å². The Morgan fingerprint density at radius 2 is 1.94 bits per heavy atom. The van der Waals surface area contributed by atoms with E-state index in [1.165, 1.54) is 0 Å². The molecule has 1 rings (SSSR count). The van der Waals surface area contributed by atoms with Crippen LogP contribution in [0.5, 0.6) is 0 Å². The van der Waals surface area contributed by atoms with E-state index in [4.69, 9.17) is 11.6 Å². The second-order valence-electron chi connectivity index (χ2n) is 5.13. The summed E-state index contributed by atoms with van der Waals surface area (Å²) in [4.78, 5) is 14.1. The third-order valence-corrected chi connectivity index (χ3v) is 3.82. The number of carbonyl (C=O) groups excluding carboxylic acids is 1. The average molecular weight is 254 g/mol. The molecule has 0 unspecified atom stereocenters. The number of hydrogen-bond acceptors (Lipinski definition) is 1. The van der Waals surface area contributed by atoms with Crippen LogP contribution in [0.2, 0.25) is 0 Å². The molecule has 0 aliphatic heterocycles. The number of halogens is 1. The topological polar surface area (TPSA) is 20.3 Å². The van der Waals surface area contributed by atoms with Crippen LogP contribution >= 0.6 is 11.6 Å². The molecular weight excluding hydrogens is 234 g/mol. The van der Waals surface area contributed by atoms with E-state index in [2.05, 4.69) is 0 Å². The number of nitrogens with zero attached hydrogens (tertiary/aromatic N) is 1. The molecule has 0 atom stereocenters. The molecule has 0 aliphatic rings. The third kappa shape index (κ3) is 3.01. The van der Waals surface area contributed by atoms with Gasteiger partial charge in [0.25, 0.3) is 5.91 Å². The Labute approximate surface area is 109 Å². The smallest absolute Gasteiger partial charge is 0.254 e. The van der Waals surface area contributed by atoms with Gasteiger partial charge in [0.15, 0.2) is 0 Å². The Morgan fingerprint density at radius 3 is 2.47 bits per heavy atom. The SMILES string of the molecule is Cc1ccc(C)c(C(=O)N(C)C(C)(C)CCl)c1. The zero-order valence-electron chi connectivity index (χ0n) is 11.2. The summed E-state index contributed by atoms with van der Waals surface area (Å²) in [6, 6.07) is 5.92. The molecule has 0 bridgehead atoms. The van der Waals surface area contributed by atoms with Crippen molar-refractivity contribution in [1.29, 1.82) is 0 Å². The van der Waals surface area contributed by atoms with Gasteiger partial charge in [-0.15, -0.1) is 11.6 Å². The molecule has 0 aliphatic carbocycles. The van der Waals surface area contributed by atoms with Crippen molar-refractivity contribution >= 4 is 17.5 Å². The first-order chi connectivity index (χ1) is 7.79. The highest BCUT2D eigenvalue weighted by Crippen LogP contribution is 2.20. The van der Waals surface area contributed by atoms with Crippen molar-refractivity contribution in [2.24, 2.45) is 0 Å². The maximum Gasteiger partial charge on any atom is 0.254 e. The lowest BCUT2D eigenvalue weighted by atomic mass is 10.0. The molecule has 1 amide bonds. The van der Waals surface area contributed by atoms with Gasteiger partial charge in [0.1, 0.15) is 0 Å². The molecule has 1 aromatic carbocycles. The van der Waals surface area contributed by atoms with E-state index >= 15 is 0 Å². The lowest BCUT2D eigenvalue weighted by Gasteiger charge is -2.34. The predicted octanol–water partition coefficient (Wildman–Crippen LogP) is 3.39. The third-order valence-electron chi connectivity index (χ3n) is 3.16. The van der Waals surface area contributed by atoms with Crippen molar-refractivity contribution < 1.29 is 4.79 Å². The highest BCUT2D eigenvalue weighted by atomic mass is 35.5. The van der Waals surface area contributed by atoms with Crippen LogP contribution in [0.3, 0.4) is 0 Å². The summed E-state index contributed by atoms with van der Waals surface area (Å²) in [6.45, 7) is 7.86. The van der Waals surface area contributed by atoms with E-state index in [1.807, 2.05) is 45.9 Å². The molecule has 0 heterocycles. The molecule has 0 radical (unpaired) electrons. The first-order valence-corrected chi connectivity index (χ1v) is 6.24. The molecule has 2 nitrogen and oxygen atoms in total. The van der Waals surface area contributed by atoms with Crippen LogP contribution in [0.4, 0.5) is 0 Å². The van der Waals surface area contributed by atoms with E-state index in [9.17, 15) is 4.79 Å².